The molecule has 0 aliphatic rings. The highest BCUT2D eigenvalue weighted by Gasteiger charge is 2.18. The molecule has 6 heteroatoms. The fourth-order valence-electron chi connectivity index (χ4n) is 1.67. The highest BCUT2D eigenvalue weighted by Crippen LogP contribution is 2.18. The zero-order valence-corrected chi connectivity index (χ0v) is 14.1. The Kier molecular flexibility index (Phi) is 7.20. The van der Waals surface area contributed by atoms with E-state index in [1.807, 2.05) is 31.7 Å². The number of carbonyl (C=O) groups excluding carboxylic acids is 1. The van der Waals surface area contributed by atoms with Crippen molar-refractivity contribution in [3.05, 3.63) is 29.8 Å². The van der Waals surface area contributed by atoms with Crippen LogP contribution in [0.15, 0.2) is 24.3 Å². The average molecular weight is 321 g/mol. The fourth-order valence-corrected chi connectivity index (χ4v) is 3.24. The molecule has 112 valence electrons. The normalized spacial score (nSPS) is 11.3. The van der Waals surface area contributed by atoms with Gasteiger partial charge in [-0.3, -0.25) is 4.79 Å². The van der Waals surface area contributed by atoms with E-state index in [1.54, 1.807) is 24.3 Å². The van der Waals surface area contributed by atoms with Crippen LogP contribution in [-0.2, 0) is 4.79 Å². The van der Waals surface area contributed by atoms with Gasteiger partial charge in [0.05, 0.1) is 16.9 Å². The van der Waals surface area contributed by atoms with Gasteiger partial charge in [-0.25, -0.2) is 0 Å². The van der Waals surface area contributed by atoms with Crippen LogP contribution in [-0.4, -0.2) is 33.5 Å². The van der Waals surface area contributed by atoms with Crippen molar-refractivity contribution in [2.75, 3.05) is 18.4 Å². The molecule has 21 heavy (non-hydrogen) atoms. The van der Waals surface area contributed by atoms with Gasteiger partial charge in [-0.15, -0.1) is 0 Å². The van der Waals surface area contributed by atoms with Gasteiger partial charge in [0.25, 0.3) is 0 Å². The molecule has 0 heterocycles. The molecular weight excluding hydrogens is 302 g/mol. The molecule has 0 aromatic heterocycles. The number of thiocarbonyl (C=S) groups is 1. The number of amides is 1. The first-order valence-corrected chi connectivity index (χ1v) is 8.07. The summed E-state index contributed by atoms with van der Waals surface area (Å²) >= 11 is 6.71. The van der Waals surface area contributed by atoms with Gasteiger partial charge in [0.2, 0.25) is 5.91 Å². The molecule has 1 atom stereocenters. The second kappa shape index (κ2) is 8.65. The van der Waals surface area contributed by atoms with Crippen LogP contribution in [0.3, 0.4) is 0 Å². The molecular formula is C15H19N3OS2. The molecule has 1 aromatic rings. The monoisotopic (exact) mass is 321 g/mol. The number of anilines is 1. The number of rotatable bonds is 5. The van der Waals surface area contributed by atoms with Crippen LogP contribution in [0, 0.1) is 11.3 Å². The predicted molar refractivity (Wildman–Crippen MR) is 92.4 cm³/mol. The molecule has 1 aromatic carbocycles. The van der Waals surface area contributed by atoms with E-state index in [9.17, 15) is 4.79 Å². The Balaban J connectivity index is 2.62. The molecule has 0 saturated carbocycles. The Morgan fingerprint density at radius 3 is 2.71 bits per heavy atom. The first-order valence-electron chi connectivity index (χ1n) is 6.78. The summed E-state index contributed by atoms with van der Waals surface area (Å²) in [4.78, 5) is 14.2. The van der Waals surface area contributed by atoms with Gasteiger partial charge in [0, 0.05) is 18.8 Å². The molecule has 1 amide bonds. The van der Waals surface area contributed by atoms with E-state index in [2.05, 4.69) is 5.32 Å². The van der Waals surface area contributed by atoms with Crippen LogP contribution in [0.4, 0.5) is 5.69 Å². The van der Waals surface area contributed by atoms with Crippen LogP contribution < -0.4 is 5.32 Å². The summed E-state index contributed by atoms with van der Waals surface area (Å²) in [6.45, 7) is 7.56. The summed E-state index contributed by atoms with van der Waals surface area (Å²) in [5, 5.41) is 11.4. The smallest absolute Gasteiger partial charge is 0.237 e. The highest BCUT2D eigenvalue weighted by atomic mass is 32.2. The summed E-state index contributed by atoms with van der Waals surface area (Å²) in [6, 6.07) is 8.90. The third-order valence-corrected chi connectivity index (χ3v) is 4.50. The molecule has 0 fully saturated rings. The molecule has 1 N–H and O–H groups in total. The number of benzene rings is 1. The van der Waals surface area contributed by atoms with E-state index < -0.39 is 0 Å². The predicted octanol–water partition coefficient (Wildman–Crippen LogP) is 3.25. The van der Waals surface area contributed by atoms with Crippen LogP contribution in [0.2, 0.25) is 0 Å². The number of carbonyl (C=O) groups is 1. The summed E-state index contributed by atoms with van der Waals surface area (Å²) in [5.41, 5.74) is 1.15. The number of nitrogens with one attached hydrogen (secondary N) is 1. The SMILES string of the molecule is CCN(CC)C(=S)SC(C)C(=O)Nc1cccc(C#N)c1. The molecule has 1 rings (SSSR count). The van der Waals surface area contributed by atoms with Crippen molar-refractivity contribution >= 4 is 39.9 Å². The molecule has 0 saturated heterocycles. The van der Waals surface area contributed by atoms with Gasteiger partial charge in [0.1, 0.15) is 4.32 Å². The molecule has 0 bridgehead atoms. The second-order valence-corrected chi connectivity index (χ2v) is 6.35. The molecule has 1 unspecified atom stereocenters. The minimum atomic E-state index is -0.288. The fraction of sp³-hybridized carbons (Fsp3) is 0.400. The van der Waals surface area contributed by atoms with Crippen molar-refractivity contribution in [2.45, 2.75) is 26.0 Å². The average Bonchev–Trinajstić information content (AvgIpc) is 2.48. The zero-order valence-electron chi connectivity index (χ0n) is 12.4. The van der Waals surface area contributed by atoms with Crippen molar-refractivity contribution in [1.29, 1.82) is 5.26 Å². The number of hydrogen-bond acceptors (Lipinski definition) is 4. The Morgan fingerprint density at radius 1 is 1.48 bits per heavy atom. The number of nitrogens with zero attached hydrogens (tertiary/aromatic N) is 2. The largest absolute Gasteiger partial charge is 0.358 e. The maximum Gasteiger partial charge on any atom is 0.237 e. The van der Waals surface area contributed by atoms with Gasteiger partial charge in [-0.2, -0.15) is 5.26 Å². The van der Waals surface area contributed by atoms with Crippen molar-refractivity contribution < 1.29 is 4.79 Å². The maximum absolute atomic E-state index is 12.2. The van der Waals surface area contributed by atoms with Gasteiger partial charge in [-0.1, -0.05) is 30.0 Å². The molecule has 0 radical (unpaired) electrons. The van der Waals surface area contributed by atoms with E-state index in [4.69, 9.17) is 17.5 Å². The first-order chi connectivity index (χ1) is 10.0. The van der Waals surface area contributed by atoms with Crippen LogP contribution >= 0.6 is 24.0 Å². The quantitative estimate of drug-likeness (QED) is 0.844. The van der Waals surface area contributed by atoms with Crippen molar-refractivity contribution in [3.63, 3.8) is 0 Å². The van der Waals surface area contributed by atoms with Crippen molar-refractivity contribution in [1.82, 2.24) is 4.90 Å². The van der Waals surface area contributed by atoms with Crippen LogP contribution in [0.5, 0.6) is 0 Å². The molecule has 0 aliphatic heterocycles. The number of nitriles is 1. The lowest BCUT2D eigenvalue weighted by atomic mass is 10.2. The van der Waals surface area contributed by atoms with Gasteiger partial charge < -0.3 is 10.2 Å². The summed E-state index contributed by atoms with van der Waals surface area (Å²) in [7, 11) is 0. The number of hydrogen-bond donors (Lipinski definition) is 1. The third-order valence-electron chi connectivity index (χ3n) is 2.93. The Labute approximate surface area is 135 Å². The topological polar surface area (TPSA) is 56.1 Å². The minimum absolute atomic E-state index is 0.121. The summed E-state index contributed by atoms with van der Waals surface area (Å²) in [5.74, 6) is -0.121. The van der Waals surface area contributed by atoms with E-state index >= 15 is 0 Å². The molecule has 4 nitrogen and oxygen atoms in total. The van der Waals surface area contributed by atoms with E-state index in [-0.39, 0.29) is 11.2 Å². The van der Waals surface area contributed by atoms with Crippen LogP contribution in [0.1, 0.15) is 26.3 Å². The van der Waals surface area contributed by atoms with Crippen molar-refractivity contribution in [3.8, 4) is 6.07 Å². The Bertz CT molecular complexity index is 550. The Morgan fingerprint density at radius 2 is 2.14 bits per heavy atom. The Hall–Kier alpha value is -1.58. The summed E-state index contributed by atoms with van der Waals surface area (Å²) in [6.07, 6.45) is 0. The third kappa shape index (κ3) is 5.37. The van der Waals surface area contributed by atoms with E-state index in [1.165, 1.54) is 11.8 Å². The highest BCUT2D eigenvalue weighted by molar-refractivity contribution is 8.23. The standard InChI is InChI=1S/C15H19N3OS2/c1-4-18(5-2)15(20)21-11(3)14(19)17-13-8-6-7-12(9-13)10-16/h6-9,11H,4-5H2,1-3H3,(H,17,19). The van der Waals surface area contributed by atoms with E-state index in [0.717, 1.165) is 17.4 Å². The van der Waals surface area contributed by atoms with E-state index in [0.29, 0.717) is 11.3 Å². The van der Waals surface area contributed by atoms with Crippen molar-refractivity contribution in [2.24, 2.45) is 0 Å². The minimum Gasteiger partial charge on any atom is -0.358 e. The number of thioether (sulfide) groups is 1. The molecule has 0 aliphatic carbocycles. The van der Waals surface area contributed by atoms with Gasteiger partial charge in [-0.05, 0) is 39.0 Å². The van der Waals surface area contributed by atoms with Crippen LogP contribution in [0.25, 0.3) is 0 Å². The molecule has 0 spiro atoms. The second-order valence-electron chi connectivity index (χ2n) is 4.38. The van der Waals surface area contributed by atoms with Gasteiger partial charge >= 0.3 is 0 Å². The summed E-state index contributed by atoms with van der Waals surface area (Å²) < 4.78 is 0.730. The van der Waals surface area contributed by atoms with Gasteiger partial charge in [0.15, 0.2) is 0 Å². The first kappa shape index (κ1) is 17.5. The lowest BCUT2D eigenvalue weighted by Gasteiger charge is -2.22. The zero-order chi connectivity index (χ0) is 15.8. The lowest BCUT2D eigenvalue weighted by molar-refractivity contribution is -0.115. The maximum atomic E-state index is 12.2. The lowest BCUT2D eigenvalue weighted by Crippen LogP contribution is -2.31.